The molecule has 37 heavy (non-hydrogen) atoms. The zero-order valence-electron chi connectivity index (χ0n) is 20.0. The molecule has 4 aromatic heterocycles. The Labute approximate surface area is 213 Å². The summed E-state index contributed by atoms with van der Waals surface area (Å²) in [5, 5.41) is 17.2. The zero-order valence-corrected chi connectivity index (χ0v) is 20.0. The lowest BCUT2D eigenvalue weighted by molar-refractivity contribution is 0.580. The summed E-state index contributed by atoms with van der Waals surface area (Å²) in [4.78, 5) is 11.6. The van der Waals surface area contributed by atoms with E-state index in [4.69, 9.17) is 10.1 Å². The van der Waals surface area contributed by atoms with Gasteiger partial charge in [-0.25, -0.2) is 9.50 Å². The standard InChI is InChI=1S/C29H24N8/c1-3-19(13-21(4-1)36-17-20-14-22(36)15-32-20)26-9-12-31-29-27(23-5-2-6-25-24(23)16-33-34-25)28(35-37(26)29)18-7-10-30-11-8-18/h1-13,16,20,22,32H,14-15,17H2,(H,33,34)/t20-,22+/m0/s1. The van der Waals surface area contributed by atoms with E-state index in [-0.39, 0.29) is 0 Å². The Morgan fingerprint density at radius 3 is 2.70 bits per heavy atom. The molecule has 6 aromatic rings. The second kappa shape index (κ2) is 7.97. The number of rotatable bonds is 4. The van der Waals surface area contributed by atoms with Crippen LogP contribution in [0.15, 0.2) is 85.5 Å². The average Bonchev–Trinajstić information content (AvgIpc) is 3.76. The molecule has 0 amide bonds. The molecule has 2 bridgehead atoms. The van der Waals surface area contributed by atoms with Crippen molar-refractivity contribution in [3.8, 4) is 33.6 Å². The van der Waals surface area contributed by atoms with Crippen LogP contribution in [-0.4, -0.2) is 55.0 Å². The molecule has 8 heteroatoms. The molecule has 0 aliphatic carbocycles. The van der Waals surface area contributed by atoms with Crippen molar-refractivity contribution in [2.24, 2.45) is 0 Å². The monoisotopic (exact) mass is 484 g/mol. The van der Waals surface area contributed by atoms with Crippen LogP contribution in [0.3, 0.4) is 0 Å². The molecule has 180 valence electrons. The van der Waals surface area contributed by atoms with E-state index < -0.39 is 0 Å². The third-order valence-corrected chi connectivity index (χ3v) is 7.76. The van der Waals surface area contributed by atoms with E-state index in [9.17, 15) is 0 Å². The van der Waals surface area contributed by atoms with Crippen LogP contribution in [0.25, 0.3) is 50.2 Å². The van der Waals surface area contributed by atoms with Crippen molar-refractivity contribution >= 4 is 22.2 Å². The Kier molecular flexibility index (Phi) is 4.44. The topological polar surface area (TPSA) is 87.0 Å². The fraction of sp³-hybridized carbons (Fsp3) is 0.172. The Morgan fingerprint density at radius 1 is 0.919 bits per heavy atom. The number of pyridine rings is 1. The number of piperazine rings is 1. The third kappa shape index (κ3) is 3.19. The molecule has 2 N–H and O–H groups in total. The fourth-order valence-electron chi connectivity index (χ4n) is 6.03. The van der Waals surface area contributed by atoms with Gasteiger partial charge in [0.05, 0.1) is 23.0 Å². The van der Waals surface area contributed by atoms with E-state index >= 15 is 0 Å². The molecule has 8 rings (SSSR count). The third-order valence-electron chi connectivity index (χ3n) is 7.76. The van der Waals surface area contributed by atoms with E-state index in [1.165, 1.54) is 12.1 Å². The molecule has 2 atom stereocenters. The second-order valence-corrected chi connectivity index (χ2v) is 9.86. The first-order valence-corrected chi connectivity index (χ1v) is 12.6. The summed E-state index contributed by atoms with van der Waals surface area (Å²) in [5.74, 6) is 0. The maximum atomic E-state index is 5.16. The van der Waals surface area contributed by atoms with Crippen LogP contribution < -0.4 is 10.2 Å². The highest BCUT2D eigenvalue weighted by Gasteiger charge is 2.37. The number of benzene rings is 2. The van der Waals surface area contributed by atoms with Gasteiger partial charge in [0.2, 0.25) is 0 Å². The normalized spacial score (nSPS) is 18.9. The molecule has 6 heterocycles. The molecule has 0 saturated carbocycles. The van der Waals surface area contributed by atoms with Crippen LogP contribution in [0.5, 0.6) is 0 Å². The van der Waals surface area contributed by atoms with Gasteiger partial charge in [-0.15, -0.1) is 0 Å². The van der Waals surface area contributed by atoms with Crippen LogP contribution in [0.4, 0.5) is 5.69 Å². The summed E-state index contributed by atoms with van der Waals surface area (Å²) in [6.07, 6.45) is 8.59. The molecule has 2 aromatic carbocycles. The van der Waals surface area contributed by atoms with Crippen molar-refractivity contribution in [2.45, 2.75) is 18.5 Å². The first kappa shape index (κ1) is 20.6. The van der Waals surface area contributed by atoms with Gasteiger partial charge >= 0.3 is 0 Å². The van der Waals surface area contributed by atoms with Crippen molar-refractivity contribution in [3.05, 3.63) is 85.5 Å². The van der Waals surface area contributed by atoms with Crippen LogP contribution >= 0.6 is 0 Å². The minimum atomic E-state index is 0.572. The lowest BCUT2D eigenvalue weighted by atomic mass is 9.99. The van der Waals surface area contributed by atoms with Crippen LogP contribution in [0, 0.1) is 0 Å². The number of fused-ring (bicyclic) bond motifs is 4. The smallest absolute Gasteiger partial charge is 0.164 e. The van der Waals surface area contributed by atoms with Gasteiger partial charge < -0.3 is 10.2 Å². The van der Waals surface area contributed by atoms with Crippen LogP contribution in [0.1, 0.15) is 6.42 Å². The number of hydrogen-bond acceptors (Lipinski definition) is 6. The number of aromatic amines is 1. The Bertz CT molecular complexity index is 1770. The van der Waals surface area contributed by atoms with E-state index in [0.29, 0.717) is 12.1 Å². The zero-order chi connectivity index (χ0) is 24.3. The van der Waals surface area contributed by atoms with Gasteiger partial charge in [-0.2, -0.15) is 10.2 Å². The molecule has 2 fully saturated rings. The number of H-pyrrole nitrogens is 1. The lowest BCUT2D eigenvalue weighted by Crippen LogP contribution is -2.43. The molecule has 0 radical (unpaired) electrons. The van der Waals surface area contributed by atoms with Crippen molar-refractivity contribution < 1.29 is 0 Å². The molecule has 2 aliphatic heterocycles. The maximum absolute atomic E-state index is 5.16. The van der Waals surface area contributed by atoms with Crippen molar-refractivity contribution in [1.82, 2.24) is 35.1 Å². The van der Waals surface area contributed by atoms with E-state index in [1.54, 1.807) is 12.4 Å². The van der Waals surface area contributed by atoms with Gasteiger partial charge in [0.1, 0.15) is 5.69 Å². The fourth-order valence-corrected chi connectivity index (χ4v) is 6.03. The van der Waals surface area contributed by atoms with Crippen molar-refractivity contribution in [3.63, 3.8) is 0 Å². The highest BCUT2D eigenvalue weighted by Crippen LogP contribution is 2.39. The van der Waals surface area contributed by atoms with Gasteiger partial charge in [-0.3, -0.25) is 10.1 Å². The molecule has 8 nitrogen and oxygen atoms in total. The SMILES string of the molecule is c1cc(-c2ccnc3c(-c4cccc5[nH]ncc45)c(-c4ccncc4)nn23)cc(N2C[C@@H]3C[C@@H]2CN3)c1. The first-order chi connectivity index (χ1) is 18.3. The van der Waals surface area contributed by atoms with Crippen LogP contribution in [0.2, 0.25) is 0 Å². The number of nitrogens with one attached hydrogen (secondary N) is 2. The predicted molar refractivity (Wildman–Crippen MR) is 144 cm³/mol. The first-order valence-electron chi connectivity index (χ1n) is 12.6. The summed E-state index contributed by atoms with van der Waals surface area (Å²) in [7, 11) is 0. The lowest BCUT2D eigenvalue weighted by Gasteiger charge is -2.29. The number of aromatic nitrogens is 6. The highest BCUT2D eigenvalue weighted by atomic mass is 15.3. The highest BCUT2D eigenvalue weighted by molar-refractivity contribution is 6.02. The summed E-state index contributed by atoms with van der Waals surface area (Å²) >= 11 is 0. The van der Waals surface area contributed by atoms with Gasteiger partial charge in [0.25, 0.3) is 0 Å². The van der Waals surface area contributed by atoms with Crippen molar-refractivity contribution in [1.29, 1.82) is 0 Å². The molecular weight excluding hydrogens is 460 g/mol. The van der Waals surface area contributed by atoms with E-state index in [1.807, 2.05) is 41.2 Å². The number of anilines is 1. The van der Waals surface area contributed by atoms with E-state index in [2.05, 4.69) is 61.8 Å². The predicted octanol–water partition coefficient (Wildman–Crippen LogP) is 4.55. The number of nitrogens with zero attached hydrogens (tertiary/aromatic N) is 6. The Morgan fingerprint density at radius 2 is 1.84 bits per heavy atom. The molecule has 2 aliphatic rings. The minimum absolute atomic E-state index is 0.572. The molecule has 0 unspecified atom stereocenters. The molecule has 2 saturated heterocycles. The number of hydrogen-bond donors (Lipinski definition) is 2. The molecular formula is C29H24N8. The van der Waals surface area contributed by atoms with E-state index in [0.717, 1.165) is 63.3 Å². The second-order valence-electron chi connectivity index (χ2n) is 9.86. The van der Waals surface area contributed by atoms with Gasteiger partial charge in [-0.05, 0) is 48.4 Å². The average molecular weight is 485 g/mol. The van der Waals surface area contributed by atoms with Crippen LogP contribution in [-0.2, 0) is 0 Å². The van der Waals surface area contributed by atoms with Crippen molar-refractivity contribution in [2.75, 3.05) is 18.0 Å². The summed E-state index contributed by atoms with van der Waals surface area (Å²) in [5.41, 5.74) is 9.09. The summed E-state index contributed by atoms with van der Waals surface area (Å²) in [6.45, 7) is 2.12. The Balaban J connectivity index is 1.35. The van der Waals surface area contributed by atoms with Gasteiger partial charge in [0.15, 0.2) is 5.65 Å². The maximum Gasteiger partial charge on any atom is 0.164 e. The van der Waals surface area contributed by atoms with Gasteiger partial charge in [0, 0.05) is 66.0 Å². The molecule has 0 spiro atoms. The summed E-state index contributed by atoms with van der Waals surface area (Å²) < 4.78 is 1.99. The largest absolute Gasteiger partial charge is 0.366 e. The minimum Gasteiger partial charge on any atom is -0.366 e. The van der Waals surface area contributed by atoms with Gasteiger partial charge in [-0.1, -0.05) is 24.3 Å². The summed E-state index contributed by atoms with van der Waals surface area (Å²) in [6, 6.07) is 22.2. The quantitative estimate of drug-likeness (QED) is 0.382. The Hall–Kier alpha value is -4.56.